The molecule has 13 heavy (non-hydrogen) atoms. The third-order valence-corrected chi connectivity index (χ3v) is 3.69. The van der Waals surface area contributed by atoms with Crippen LogP contribution < -0.4 is 5.73 Å². The van der Waals surface area contributed by atoms with Gasteiger partial charge in [-0.1, -0.05) is 20.3 Å². The van der Waals surface area contributed by atoms with Crippen molar-refractivity contribution < 1.29 is 4.74 Å². The minimum atomic E-state index is 0.273. The highest BCUT2D eigenvalue weighted by molar-refractivity contribution is 4.91. The van der Waals surface area contributed by atoms with Gasteiger partial charge in [-0.25, -0.2) is 0 Å². The van der Waals surface area contributed by atoms with Crippen molar-refractivity contribution in [3.05, 3.63) is 0 Å². The van der Waals surface area contributed by atoms with Crippen LogP contribution in [0.5, 0.6) is 0 Å². The Kier molecular flexibility index (Phi) is 3.74. The van der Waals surface area contributed by atoms with Gasteiger partial charge < -0.3 is 10.5 Å². The third kappa shape index (κ3) is 2.23. The highest BCUT2D eigenvalue weighted by atomic mass is 16.5. The normalized spacial score (nSPS) is 36.5. The number of rotatable bonds is 4. The highest BCUT2D eigenvalue weighted by Gasteiger charge is 2.40. The van der Waals surface area contributed by atoms with E-state index >= 15 is 0 Å². The summed E-state index contributed by atoms with van der Waals surface area (Å²) >= 11 is 0. The van der Waals surface area contributed by atoms with Crippen molar-refractivity contribution in [3.63, 3.8) is 0 Å². The quantitative estimate of drug-likeness (QED) is 0.728. The van der Waals surface area contributed by atoms with Crippen molar-refractivity contribution >= 4 is 0 Å². The first kappa shape index (κ1) is 11.0. The average molecular weight is 185 g/mol. The first-order chi connectivity index (χ1) is 6.14. The maximum Gasteiger partial charge on any atom is 0.0616 e. The summed E-state index contributed by atoms with van der Waals surface area (Å²) in [5.41, 5.74) is 6.16. The lowest BCUT2D eigenvalue weighted by atomic mass is 9.74. The highest BCUT2D eigenvalue weighted by Crippen LogP contribution is 2.40. The first-order valence-electron chi connectivity index (χ1n) is 5.46. The van der Waals surface area contributed by atoms with E-state index in [0.717, 1.165) is 25.5 Å². The Bertz CT molecular complexity index is 160. The molecule has 1 saturated heterocycles. The Hall–Kier alpha value is -0.0800. The second-order valence-corrected chi connectivity index (χ2v) is 4.55. The monoisotopic (exact) mass is 185 g/mol. The van der Waals surface area contributed by atoms with Gasteiger partial charge in [-0.15, -0.1) is 0 Å². The molecule has 2 heteroatoms. The Morgan fingerprint density at radius 2 is 2.31 bits per heavy atom. The van der Waals surface area contributed by atoms with Crippen LogP contribution in [0.25, 0.3) is 0 Å². The van der Waals surface area contributed by atoms with Crippen LogP contribution in [0.1, 0.15) is 40.0 Å². The van der Waals surface area contributed by atoms with Crippen molar-refractivity contribution in [1.82, 2.24) is 0 Å². The molecule has 0 amide bonds. The molecular formula is C11H23NO. The Morgan fingerprint density at radius 3 is 2.69 bits per heavy atom. The van der Waals surface area contributed by atoms with Crippen LogP contribution in [0, 0.1) is 11.3 Å². The summed E-state index contributed by atoms with van der Waals surface area (Å²) in [7, 11) is 0. The van der Waals surface area contributed by atoms with E-state index < -0.39 is 0 Å². The van der Waals surface area contributed by atoms with Gasteiger partial charge >= 0.3 is 0 Å². The van der Waals surface area contributed by atoms with E-state index in [2.05, 4.69) is 20.8 Å². The Morgan fingerprint density at radius 1 is 1.62 bits per heavy atom. The molecule has 3 unspecified atom stereocenters. The third-order valence-electron chi connectivity index (χ3n) is 3.69. The van der Waals surface area contributed by atoms with Crippen LogP contribution in [-0.2, 0) is 4.74 Å². The molecule has 0 saturated carbocycles. The molecule has 1 fully saturated rings. The predicted octanol–water partition coefficient (Wildman–Crippen LogP) is 2.18. The molecule has 78 valence electrons. The van der Waals surface area contributed by atoms with Crippen LogP contribution in [-0.4, -0.2) is 19.3 Å². The second kappa shape index (κ2) is 4.43. The number of ether oxygens (including phenoxy) is 1. The van der Waals surface area contributed by atoms with E-state index in [1.165, 1.54) is 12.8 Å². The summed E-state index contributed by atoms with van der Waals surface area (Å²) in [6.07, 6.45) is 3.97. The molecule has 0 aromatic carbocycles. The molecule has 0 spiro atoms. The maximum atomic E-state index is 5.88. The molecule has 0 aromatic rings. The molecular weight excluding hydrogens is 162 g/mol. The van der Waals surface area contributed by atoms with Crippen LogP contribution >= 0.6 is 0 Å². The average Bonchev–Trinajstić information content (AvgIpc) is 2.48. The predicted molar refractivity (Wildman–Crippen MR) is 55.6 cm³/mol. The number of hydrogen-bond donors (Lipinski definition) is 1. The van der Waals surface area contributed by atoms with Crippen molar-refractivity contribution in [1.29, 1.82) is 0 Å². The Labute approximate surface area is 81.8 Å². The van der Waals surface area contributed by atoms with E-state index in [9.17, 15) is 0 Å². The number of nitrogens with two attached hydrogens (primary N) is 1. The van der Waals surface area contributed by atoms with E-state index in [-0.39, 0.29) is 5.41 Å². The lowest BCUT2D eigenvalue weighted by molar-refractivity contribution is 0.0549. The maximum absolute atomic E-state index is 5.88. The Balaban J connectivity index is 2.58. The van der Waals surface area contributed by atoms with Gasteiger partial charge in [-0.3, -0.25) is 0 Å². The van der Waals surface area contributed by atoms with Gasteiger partial charge in [-0.05, 0) is 25.7 Å². The van der Waals surface area contributed by atoms with E-state index in [1.54, 1.807) is 0 Å². The van der Waals surface area contributed by atoms with Gasteiger partial charge in [0.15, 0.2) is 0 Å². The number of hydrogen-bond acceptors (Lipinski definition) is 2. The van der Waals surface area contributed by atoms with E-state index in [0.29, 0.717) is 6.10 Å². The van der Waals surface area contributed by atoms with E-state index in [4.69, 9.17) is 10.5 Å². The topological polar surface area (TPSA) is 35.2 Å². The second-order valence-electron chi connectivity index (χ2n) is 4.55. The van der Waals surface area contributed by atoms with Crippen LogP contribution in [0.2, 0.25) is 0 Å². The van der Waals surface area contributed by atoms with Crippen molar-refractivity contribution in [3.8, 4) is 0 Å². The van der Waals surface area contributed by atoms with Gasteiger partial charge in [0.2, 0.25) is 0 Å². The fourth-order valence-electron chi connectivity index (χ4n) is 2.28. The molecule has 1 rings (SSSR count). The van der Waals surface area contributed by atoms with Gasteiger partial charge in [0.1, 0.15) is 0 Å². The summed E-state index contributed by atoms with van der Waals surface area (Å²) in [5.74, 6) is 0.771. The molecule has 2 N–H and O–H groups in total. The largest absolute Gasteiger partial charge is 0.378 e. The van der Waals surface area contributed by atoms with Gasteiger partial charge in [0, 0.05) is 18.6 Å². The SMILES string of the molecule is CCC(C)CC1(CN)CCOC1C. The zero-order valence-electron chi connectivity index (χ0n) is 9.18. The fraction of sp³-hybridized carbons (Fsp3) is 1.00. The van der Waals surface area contributed by atoms with Gasteiger partial charge in [-0.2, -0.15) is 0 Å². The molecule has 2 nitrogen and oxygen atoms in total. The summed E-state index contributed by atoms with van der Waals surface area (Å²) < 4.78 is 5.63. The fourth-order valence-corrected chi connectivity index (χ4v) is 2.28. The van der Waals surface area contributed by atoms with Crippen LogP contribution in [0.4, 0.5) is 0 Å². The molecule has 3 atom stereocenters. The van der Waals surface area contributed by atoms with Crippen molar-refractivity contribution in [2.45, 2.75) is 46.1 Å². The van der Waals surface area contributed by atoms with Gasteiger partial charge in [0.25, 0.3) is 0 Å². The van der Waals surface area contributed by atoms with Crippen molar-refractivity contribution in [2.75, 3.05) is 13.2 Å². The molecule has 0 bridgehead atoms. The van der Waals surface area contributed by atoms with E-state index in [1.807, 2.05) is 0 Å². The standard InChI is InChI=1S/C11H23NO/c1-4-9(2)7-11(8-12)5-6-13-10(11)3/h9-10H,4-8,12H2,1-3H3. The van der Waals surface area contributed by atoms with Crippen LogP contribution in [0.3, 0.4) is 0 Å². The molecule has 1 aliphatic heterocycles. The zero-order valence-corrected chi connectivity index (χ0v) is 9.18. The molecule has 0 radical (unpaired) electrons. The summed E-state index contributed by atoms with van der Waals surface area (Å²) in [5, 5.41) is 0. The minimum absolute atomic E-state index is 0.273. The molecule has 1 heterocycles. The minimum Gasteiger partial charge on any atom is -0.378 e. The van der Waals surface area contributed by atoms with Crippen molar-refractivity contribution in [2.24, 2.45) is 17.1 Å². The molecule has 0 aromatic heterocycles. The lowest BCUT2D eigenvalue weighted by Crippen LogP contribution is -2.38. The molecule has 0 aliphatic carbocycles. The smallest absolute Gasteiger partial charge is 0.0616 e. The summed E-state index contributed by atoms with van der Waals surface area (Å²) in [6, 6.07) is 0. The first-order valence-corrected chi connectivity index (χ1v) is 5.46. The summed E-state index contributed by atoms with van der Waals surface area (Å²) in [4.78, 5) is 0. The molecule has 1 aliphatic rings. The zero-order chi connectivity index (χ0) is 9.90. The lowest BCUT2D eigenvalue weighted by Gasteiger charge is -2.33. The summed E-state index contributed by atoms with van der Waals surface area (Å²) in [6.45, 7) is 8.40. The van der Waals surface area contributed by atoms with Gasteiger partial charge in [0.05, 0.1) is 6.10 Å². The van der Waals surface area contributed by atoms with Crippen LogP contribution in [0.15, 0.2) is 0 Å².